The number of anilines is 1. The van der Waals surface area contributed by atoms with Crippen LogP contribution in [-0.4, -0.2) is 59.0 Å². The Labute approximate surface area is 190 Å². The second-order valence-corrected chi connectivity index (χ2v) is 8.87. The highest BCUT2D eigenvalue weighted by Gasteiger charge is 2.25. The van der Waals surface area contributed by atoms with Crippen molar-refractivity contribution in [2.75, 3.05) is 37.6 Å². The van der Waals surface area contributed by atoms with Crippen LogP contribution >= 0.6 is 11.8 Å². The monoisotopic (exact) mass is 445 g/mol. The van der Waals surface area contributed by atoms with Crippen LogP contribution in [0.1, 0.15) is 12.5 Å². The Balaban J connectivity index is 1.44. The number of amides is 2. The number of fused-ring (bicyclic) bond motifs is 1. The highest BCUT2D eigenvalue weighted by molar-refractivity contribution is 8.18. The fourth-order valence-electron chi connectivity index (χ4n) is 4.14. The molecule has 2 aromatic carbocycles. The van der Waals surface area contributed by atoms with Gasteiger partial charge in [-0.2, -0.15) is 10.2 Å². The molecule has 0 radical (unpaired) electrons. The van der Waals surface area contributed by atoms with Gasteiger partial charge in [0.15, 0.2) is 0 Å². The third-order valence-corrected chi connectivity index (χ3v) is 6.78. The fraction of sp³-hybridized carbons (Fsp3) is 0.250. The maximum Gasteiger partial charge on any atom is 0.290 e. The van der Waals surface area contributed by atoms with Crippen molar-refractivity contribution in [3.63, 3.8) is 0 Å². The summed E-state index contributed by atoms with van der Waals surface area (Å²) in [6.45, 7) is 7.58. The standard InChI is InChI=1S/C24H23N5O2S/c1-2-28-9-11-29(12-10-28)18-6-4-17(5-7-18)20-15-25-27-21-8-3-16(13-19(20)21)14-22-23(30)26-24(31)32-22/h3-8,13-15H,2,9-12H2,1H3,(H,26,30,31). The van der Waals surface area contributed by atoms with Gasteiger partial charge in [0.05, 0.1) is 16.6 Å². The Morgan fingerprint density at radius 3 is 2.53 bits per heavy atom. The van der Waals surface area contributed by atoms with Gasteiger partial charge in [0, 0.05) is 42.8 Å². The molecule has 0 spiro atoms. The van der Waals surface area contributed by atoms with Gasteiger partial charge in [-0.1, -0.05) is 25.1 Å². The molecule has 0 saturated carbocycles. The topological polar surface area (TPSA) is 78.4 Å². The zero-order valence-electron chi connectivity index (χ0n) is 17.7. The molecule has 162 valence electrons. The molecule has 0 bridgehead atoms. The average Bonchev–Trinajstić information content (AvgIpc) is 3.15. The number of carbonyl (C=O) groups is 2. The van der Waals surface area contributed by atoms with Crippen LogP contribution in [0.2, 0.25) is 0 Å². The van der Waals surface area contributed by atoms with Crippen molar-refractivity contribution in [2.24, 2.45) is 0 Å². The SMILES string of the molecule is CCN1CCN(c2ccc(-c3cnnc4ccc(C=C5SC(=O)NC5=O)cc34)cc2)CC1. The second-order valence-electron chi connectivity index (χ2n) is 7.86. The molecule has 1 N–H and O–H groups in total. The molecular formula is C24H23N5O2S. The number of rotatable bonds is 4. The summed E-state index contributed by atoms with van der Waals surface area (Å²) < 4.78 is 0. The Morgan fingerprint density at radius 2 is 1.84 bits per heavy atom. The number of benzene rings is 2. The lowest BCUT2D eigenvalue weighted by atomic mass is 10.0. The van der Waals surface area contributed by atoms with Gasteiger partial charge in [-0.25, -0.2) is 0 Å². The molecule has 2 aliphatic rings. The van der Waals surface area contributed by atoms with Crippen LogP contribution in [-0.2, 0) is 4.79 Å². The zero-order chi connectivity index (χ0) is 22.1. The van der Waals surface area contributed by atoms with Gasteiger partial charge < -0.3 is 9.80 Å². The van der Waals surface area contributed by atoms with Crippen LogP contribution in [0.25, 0.3) is 28.1 Å². The molecule has 8 heteroatoms. The molecule has 0 aliphatic carbocycles. The normalized spacial score (nSPS) is 18.5. The number of imide groups is 1. The molecule has 2 saturated heterocycles. The molecular weight excluding hydrogens is 422 g/mol. The summed E-state index contributed by atoms with van der Waals surface area (Å²) in [5.74, 6) is -0.358. The molecule has 2 aliphatic heterocycles. The van der Waals surface area contributed by atoms with Gasteiger partial charge in [0.25, 0.3) is 11.1 Å². The summed E-state index contributed by atoms with van der Waals surface area (Å²) in [4.78, 5) is 28.6. The summed E-state index contributed by atoms with van der Waals surface area (Å²) in [5, 5.41) is 11.3. The van der Waals surface area contributed by atoms with E-state index in [1.165, 1.54) is 5.69 Å². The Kier molecular flexibility index (Phi) is 5.63. The third kappa shape index (κ3) is 4.11. The van der Waals surface area contributed by atoms with E-state index >= 15 is 0 Å². The maximum absolute atomic E-state index is 11.9. The lowest BCUT2D eigenvalue weighted by Crippen LogP contribution is -2.46. The summed E-state index contributed by atoms with van der Waals surface area (Å²) in [6.07, 6.45) is 3.50. The Bertz CT molecular complexity index is 1220. The number of thioether (sulfide) groups is 1. The van der Waals surface area contributed by atoms with Crippen LogP contribution in [0.3, 0.4) is 0 Å². The van der Waals surface area contributed by atoms with E-state index in [1.807, 2.05) is 18.2 Å². The van der Waals surface area contributed by atoms with E-state index in [9.17, 15) is 9.59 Å². The molecule has 7 nitrogen and oxygen atoms in total. The number of carbonyl (C=O) groups excluding carboxylic acids is 2. The average molecular weight is 446 g/mol. The van der Waals surface area contributed by atoms with Crippen LogP contribution in [0.4, 0.5) is 10.5 Å². The molecule has 3 aromatic rings. The van der Waals surface area contributed by atoms with Gasteiger partial charge in [0.2, 0.25) is 0 Å². The number of nitrogens with one attached hydrogen (secondary N) is 1. The first-order chi connectivity index (χ1) is 15.6. The van der Waals surface area contributed by atoms with E-state index in [0.717, 1.165) is 72.1 Å². The fourth-order valence-corrected chi connectivity index (χ4v) is 4.82. The minimum absolute atomic E-state index is 0.343. The van der Waals surface area contributed by atoms with Crippen molar-refractivity contribution >= 4 is 45.6 Å². The maximum atomic E-state index is 11.9. The van der Waals surface area contributed by atoms with Crippen molar-refractivity contribution in [1.29, 1.82) is 0 Å². The first kappa shape index (κ1) is 20.7. The van der Waals surface area contributed by atoms with Crippen molar-refractivity contribution in [3.05, 3.63) is 59.1 Å². The second kappa shape index (κ2) is 8.72. The quantitative estimate of drug-likeness (QED) is 0.613. The molecule has 5 rings (SSSR count). The van der Waals surface area contributed by atoms with Crippen molar-refractivity contribution in [2.45, 2.75) is 6.92 Å². The van der Waals surface area contributed by atoms with Crippen molar-refractivity contribution in [3.8, 4) is 11.1 Å². The molecule has 2 fully saturated rings. The molecule has 0 unspecified atom stereocenters. The van der Waals surface area contributed by atoms with Crippen LogP contribution in [0.5, 0.6) is 0 Å². The number of nitrogens with zero attached hydrogens (tertiary/aromatic N) is 4. The Hall–Kier alpha value is -3.23. The smallest absolute Gasteiger partial charge is 0.290 e. The number of aromatic nitrogens is 2. The van der Waals surface area contributed by atoms with E-state index in [1.54, 1.807) is 12.3 Å². The number of likely N-dealkylation sites (N-methyl/N-ethyl adjacent to an activating group) is 1. The molecule has 2 amide bonds. The van der Waals surface area contributed by atoms with E-state index in [2.05, 4.69) is 56.5 Å². The summed E-state index contributed by atoms with van der Waals surface area (Å²) >= 11 is 0.917. The third-order valence-electron chi connectivity index (χ3n) is 5.97. The van der Waals surface area contributed by atoms with Gasteiger partial charge in [-0.3, -0.25) is 14.9 Å². The molecule has 3 heterocycles. The van der Waals surface area contributed by atoms with E-state index < -0.39 is 0 Å². The van der Waals surface area contributed by atoms with Crippen LogP contribution in [0.15, 0.2) is 53.6 Å². The summed E-state index contributed by atoms with van der Waals surface area (Å²) in [5.41, 5.74) is 4.90. The highest BCUT2D eigenvalue weighted by Crippen LogP contribution is 2.31. The van der Waals surface area contributed by atoms with Gasteiger partial charge in [0.1, 0.15) is 0 Å². The van der Waals surface area contributed by atoms with Gasteiger partial charge in [-0.15, -0.1) is 0 Å². The van der Waals surface area contributed by atoms with Crippen molar-refractivity contribution in [1.82, 2.24) is 20.4 Å². The first-order valence-corrected chi connectivity index (χ1v) is 11.5. The lowest BCUT2D eigenvalue weighted by Gasteiger charge is -2.35. The minimum Gasteiger partial charge on any atom is -0.369 e. The van der Waals surface area contributed by atoms with Gasteiger partial charge in [-0.05, 0) is 59.8 Å². The zero-order valence-corrected chi connectivity index (χ0v) is 18.6. The number of hydrogen-bond donors (Lipinski definition) is 1. The number of hydrogen-bond acceptors (Lipinski definition) is 7. The minimum atomic E-state index is -0.358. The lowest BCUT2D eigenvalue weighted by molar-refractivity contribution is -0.115. The number of piperazine rings is 1. The van der Waals surface area contributed by atoms with Gasteiger partial charge >= 0.3 is 0 Å². The van der Waals surface area contributed by atoms with Crippen molar-refractivity contribution < 1.29 is 9.59 Å². The highest BCUT2D eigenvalue weighted by atomic mass is 32.2. The summed E-state index contributed by atoms with van der Waals surface area (Å²) in [6, 6.07) is 14.3. The van der Waals surface area contributed by atoms with E-state index in [-0.39, 0.29) is 11.1 Å². The predicted octanol–water partition coefficient (Wildman–Crippen LogP) is 3.76. The predicted molar refractivity (Wildman–Crippen MR) is 128 cm³/mol. The first-order valence-electron chi connectivity index (χ1n) is 10.7. The molecule has 32 heavy (non-hydrogen) atoms. The van der Waals surface area contributed by atoms with E-state index in [4.69, 9.17) is 0 Å². The van der Waals surface area contributed by atoms with Crippen LogP contribution < -0.4 is 10.2 Å². The van der Waals surface area contributed by atoms with Crippen LogP contribution in [0, 0.1) is 0 Å². The Morgan fingerprint density at radius 1 is 1.06 bits per heavy atom. The molecule has 1 aromatic heterocycles. The molecule has 0 atom stereocenters. The largest absolute Gasteiger partial charge is 0.369 e. The summed E-state index contributed by atoms with van der Waals surface area (Å²) in [7, 11) is 0. The van der Waals surface area contributed by atoms with E-state index in [0.29, 0.717) is 4.91 Å².